The summed E-state index contributed by atoms with van der Waals surface area (Å²) in [6, 6.07) is 9.02. The van der Waals surface area contributed by atoms with Gasteiger partial charge in [0.05, 0.1) is 5.69 Å². The molecule has 6 nitrogen and oxygen atoms in total. The molecule has 1 saturated heterocycles. The fourth-order valence-corrected chi connectivity index (χ4v) is 4.21. The smallest absolute Gasteiger partial charge is 0.159 e. The Morgan fingerprint density at radius 1 is 1.23 bits per heavy atom. The van der Waals surface area contributed by atoms with Crippen LogP contribution in [0.4, 0.5) is 4.39 Å². The number of H-pyrrole nitrogens is 2. The fraction of sp³-hybridized carbons (Fsp3) is 0.250. The van der Waals surface area contributed by atoms with Crippen LogP contribution in [0.5, 0.6) is 5.75 Å². The van der Waals surface area contributed by atoms with Crippen LogP contribution >= 0.6 is 0 Å². The monoisotopic (exact) mass is 417 g/mol. The van der Waals surface area contributed by atoms with E-state index in [1.807, 2.05) is 25.3 Å². The summed E-state index contributed by atoms with van der Waals surface area (Å²) in [6.07, 6.45) is 8.97. The van der Waals surface area contributed by atoms with E-state index in [2.05, 4.69) is 31.6 Å². The van der Waals surface area contributed by atoms with Gasteiger partial charge >= 0.3 is 0 Å². The second kappa shape index (κ2) is 8.00. The third-order valence-corrected chi connectivity index (χ3v) is 5.86. The van der Waals surface area contributed by atoms with E-state index in [4.69, 9.17) is 0 Å². The van der Waals surface area contributed by atoms with Gasteiger partial charge in [-0.3, -0.25) is 5.10 Å². The highest BCUT2D eigenvalue weighted by Gasteiger charge is 2.19. The molecule has 1 atom stereocenters. The molecule has 0 amide bonds. The first-order valence-corrected chi connectivity index (χ1v) is 10.6. The van der Waals surface area contributed by atoms with Crippen LogP contribution in [0, 0.1) is 5.82 Å². The van der Waals surface area contributed by atoms with E-state index < -0.39 is 0 Å². The number of halogens is 1. The Morgan fingerprint density at radius 2 is 2.10 bits per heavy atom. The Balaban J connectivity index is 1.49. The topological polar surface area (TPSA) is 89.6 Å². The number of rotatable bonds is 5. The third-order valence-electron chi connectivity index (χ3n) is 5.86. The Bertz CT molecular complexity index is 1270. The molecule has 1 aliphatic rings. The summed E-state index contributed by atoms with van der Waals surface area (Å²) in [6.45, 7) is 3.03. The van der Waals surface area contributed by atoms with Crippen molar-refractivity contribution in [3.63, 3.8) is 0 Å². The summed E-state index contributed by atoms with van der Waals surface area (Å²) in [5.41, 5.74) is 3.87. The molecule has 0 saturated carbocycles. The number of aromatic nitrogens is 4. The quantitative estimate of drug-likeness (QED) is 0.376. The van der Waals surface area contributed by atoms with Crippen molar-refractivity contribution in [3.8, 4) is 28.4 Å². The van der Waals surface area contributed by atoms with Crippen molar-refractivity contribution >= 4 is 17.0 Å². The number of hydrogen-bond donors (Lipinski definition) is 4. The number of aromatic hydroxyl groups is 1. The minimum absolute atomic E-state index is 0.178. The van der Waals surface area contributed by atoms with E-state index in [-0.39, 0.29) is 11.6 Å². The largest absolute Gasteiger partial charge is 0.508 e. The maximum absolute atomic E-state index is 15.4. The third kappa shape index (κ3) is 3.61. The minimum atomic E-state index is -0.365. The molecule has 7 heteroatoms. The first-order chi connectivity index (χ1) is 15.1. The molecule has 1 fully saturated rings. The van der Waals surface area contributed by atoms with E-state index in [1.54, 1.807) is 24.3 Å². The number of nitrogens with zero attached hydrogens (tertiary/aromatic N) is 2. The average Bonchev–Trinajstić information content (AvgIpc) is 3.53. The number of aryl methyl sites for hydroxylation is 1. The zero-order chi connectivity index (χ0) is 21.4. The molecule has 5 rings (SSSR count). The van der Waals surface area contributed by atoms with Crippen LogP contribution in [0.1, 0.15) is 31.0 Å². The lowest BCUT2D eigenvalue weighted by Crippen LogP contribution is -2.17. The van der Waals surface area contributed by atoms with Gasteiger partial charge in [-0.2, -0.15) is 5.10 Å². The number of phenolic OH excluding ortho intramolecular Hbond substituents is 1. The molecule has 1 aliphatic heterocycles. The van der Waals surface area contributed by atoms with E-state index in [9.17, 15) is 5.11 Å². The highest BCUT2D eigenvalue weighted by atomic mass is 19.1. The van der Waals surface area contributed by atoms with Crippen LogP contribution in [0.15, 0.2) is 42.6 Å². The second-order valence-electron chi connectivity index (χ2n) is 7.85. The van der Waals surface area contributed by atoms with Crippen molar-refractivity contribution < 1.29 is 9.50 Å². The molecule has 158 valence electrons. The van der Waals surface area contributed by atoms with Crippen molar-refractivity contribution in [1.82, 2.24) is 25.5 Å². The molecule has 0 radical (unpaired) electrons. The summed E-state index contributed by atoms with van der Waals surface area (Å²) >= 11 is 0. The van der Waals surface area contributed by atoms with Crippen LogP contribution in [0.3, 0.4) is 0 Å². The standard InChI is InChI=1S/C24H24FN5O/c1-2-14-12-17(31)7-8-18(14)19-9-10-20-22(21(19)25)29-30-23(20)24-27-13-16(28-24)6-5-15-4-3-11-26-15/h5-10,12-13,15,26,31H,2-4,11H2,1H3,(H,27,28)(H,29,30). The molecule has 2 aromatic heterocycles. The van der Waals surface area contributed by atoms with Gasteiger partial charge in [0.1, 0.15) is 17.0 Å². The molecule has 4 N–H and O–H groups in total. The van der Waals surface area contributed by atoms with Gasteiger partial charge in [-0.15, -0.1) is 0 Å². The first-order valence-electron chi connectivity index (χ1n) is 10.6. The van der Waals surface area contributed by atoms with Crippen LogP contribution in [-0.2, 0) is 6.42 Å². The van der Waals surface area contributed by atoms with Crippen molar-refractivity contribution in [2.45, 2.75) is 32.2 Å². The summed E-state index contributed by atoms with van der Waals surface area (Å²) < 4.78 is 15.4. The van der Waals surface area contributed by atoms with Crippen molar-refractivity contribution in [1.29, 1.82) is 0 Å². The predicted molar refractivity (Wildman–Crippen MR) is 120 cm³/mol. The van der Waals surface area contributed by atoms with Crippen LogP contribution < -0.4 is 5.32 Å². The summed E-state index contributed by atoms with van der Waals surface area (Å²) in [4.78, 5) is 7.76. The lowest BCUT2D eigenvalue weighted by molar-refractivity contribution is 0.474. The van der Waals surface area contributed by atoms with Gasteiger partial charge in [0, 0.05) is 23.2 Å². The zero-order valence-corrected chi connectivity index (χ0v) is 17.2. The molecule has 31 heavy (non-hydrogen) atoms. The van der Waals surface area contributed by atoms with Gasteiger partial charge in [-0.1, -0.05) is 25.1 Å². The number of imidazole rings is 1. The van der Waals surface area contributed by atoms with E-state index in [1.165, 1.54) is 6.42 Å². The molecule has 2 aromatic carbocycles. The number of nitrogens with one attached hydrogen (secondary N) is 3. The van der Waals surface area contributed by atoms with Gasteiger partial charge in [-0.05, 0) is 61.2 Å². The number of aromatic amines is 2. The molecule has 0 bridgehead atoms. The fourth-order valence-electron chi connectivity index (χ4n) is 4.21. The zero-order valence-electron chi connectivity index (χ0n) is 17.2. The molecular formula is C24H24FN5O. The average molecular weight is 417 g/mol. The highest BCUT2D eigenvalue weighted by Crippen LogP contribution is 2.34. The summed E-state index contributed by atoms with van der Waals surface area (Å²) in [5, 5.41) is 21.0. The number of fused-ring (bicyclic) bond motifs is 1. The molecule has 3 heterocycles. The summed E-state index contributed by atoms with van der Waals surface area (Å²) in [7, 11) is 0. The maximum Gasteiger partial charge on any atom is 0.159 e. The van der Waals surface area contributed by atoms with Gasteiger partial charge in [0.2, 0.25) is 0 Å². The molecular weight excluding hydrogens is 393 g/mol. The van der Waals surface area contributed by atoms with Crippen LogP contribution in [0.25, 0.3) is 39.6 Å². The second-order valence-corrected chi connectivity index (χ2v) is 7.85. The summed E-state index contributed by atoms with van der Waals surface area (Å²) in [5.74, 6) is 0.407. The van der Waals surface area contributed by atoms with Crippen LogP contribution in [0.2, 0.25) is 0 Å². The molecule has 0 spiro atoms. The lowest BCUT2D eigenvalue weighted by atomic mass is 9.96. The van der Waals surface area contributed by atoms with Crippen molar-refractivity contribution in [2.24, 2.45) is 0 Å². The van der Waals surface area contributed by atoms with Gasteiger partial charge in [0.25, 0.3) is 0 Å². The highest BCUT2D eigenvalue weighted by molar-refractivity contribution is 5.94. The number of phenols is 1. The first kappa shape index (κ1) is 19.5. The van der Waals surface area contributed by atoms with Gasteiger partial charge in [0.15, 0.2) is 11.6 Å². The van der Waals surface area contributed by atoms with Gasteiger partial charge < -0.3 is 15.4 Å². The van der Waals surface area contributed by atoms with Gasteiger partial charge in [-0.25, -0.2) is 9.37 Å². The lowest BCUT2D eigenvalue weighted by Gasteiger charge is -2.10. The SMILES string of the molecule is CCc1cc(O)ccc1-c1ccc2c(-c3nc(C=CC4CCCN4)c[nH]3)n[nH]c2c1F. The number of hydrogen-bond acceptors (Lipinski definition) is 4. The van der Waals surface area contributed by atoms with E-state index in [0.717, 1.165) is 29.8 Å². The van der Waals surface area contributed by atoms with E-state index in [0.29, 0.717) is 40.4 Å². The molecule has 4 aromatic rings. The Morgan fingerprint density at radius 3 is 2.90 bits per heavy atom. The van der Waals surface area contributed by atoms with Crippen molar-refractivity contribution in [3.05, 3.63) is 59.7 Å². The van der Waals surface area contributed by atoms with Crippen LogP contribution in [-0.4, -0.2) is 37.9 Å². The van der Waals surface area contributed by atoms with E-state index >= 15 is 4.39 Å². The number of benzene rings is 2. The maximum atomic E-state index is 15.4. The Kier molecular flexibility index (Phi) is 5.03. The Hall–Kier alpha value is -3.45. The molecule has 1 unspecified atom stereocenters. The van der Waals surface area contributed by atoms with Crippen molar-refractivity contribution in [2.75, 3.05) is 6.54 Å². The minimum Gasteiger partial charge on any atom is -0.508 e. The Labute approximate surface area is 179 Å². The normalized spacial score (nSPS) is 16.6. The predicted octanol–water partition coefficient (Wildman–Crippen LogP) is 4.79. The molecule has 0 aliphatic carbocycles.